The minimum Gasteiger partial charge on any atom is -0.495 e. The maximum Gasteiger partial charge on any atom is 0.255 e. The normalized spacial score (nSPS) is 11.0. The van der Waals surface area contributed by atoms with Crippen molar-refractivity contribution < 1.29 is 17.9 Å². The molecule has 0 saturated heterocycles. The van der Waals surface area contributed by atoms with Crippen LogP contribution in [0.2, 0.25) is 0 Å². The summed E-state index contributed by atoms with van der Waals surface area (Å²) < 4.78 is 27.9. The molecule has 0 fully saturated rings. The number of carbonyl (C=O) groups excluding carboxylic acids is 1. The Balaban J connectivity index is 2.21. The fourth-order valence-electron chi connectivity index (χ4n) is 1.80. The molecule has 0 radical (unpaired) electrons. The summed E-state index contributed by atoms with van der Waals surface area (Å²) in [7, 11) is -1.75. The van der Waals surface area contributed by atoms with Crippen LogP contribution in [0.1, 0.15) is 10.4 Å². The van der Waals surface area contributed by atoms with Gasteiger partial charge >= 0.3 is 0 Å². The summed E-state index contributed by atoms with van der Waals surface area (Å²) in [5.41, 5.74) is 0.922. The summed E-state index contributed by atoms with van der Waals surface area (Å²) in [6.07, 6.45) is 1.12. The minimum absolute atomic E-state index is 0.177. The molecule has 0 saturated carbocycles. The van der Waals surface area contributed by atoms with Gasteiger partial charge in [0.2, 0.25) is 0 Å². The van der Waals surface area contributed by atoms with Crippen molar-refractivity contribution in [3.05, 3.63) is 54.1 Å². The van der Waals surface area contributed by atoms with Crippen molar-refractivity contribution in [2.75, 3.05) is 18.7 Å². The first-order valence-electron chi connectivity index (χ1n) is 6.16. The molecule has 0 aliphatic rings. The van der Waals surface area contributed by atoms with E-state index in [1.54, 1.807) is 24.3 Å². The fourth-order valence-corrected chi connectivity index (χ4v) is 2.43. The number of hydrogen-bond acceptors (Lipinski definition) is 4. The lowest BCUT2D eigenvalue weighted by Crippen LogP contribution is -2.12. The molecular formula is C15H15NO4S. The van der Waals surface area contributed by atoms with E-state index in [0.29, 0.717) is 17.0 Å². The number of benzene rings is 2. The summed E-state index contributed by atoms with van der Waals surface area (Å²) in [5.74, 6) is 0.221. The zero-order chi connectivity index (χ0) is 15.5. The summed E-state index contributed by atoms with van der Waals surface area (Å²) >= 11 is 0. The third-order valence-electron chi connectivity index (χ3n) is 2.90. The highest BCUT2D eigenvalue weighted by Crippen LogP contribution is 2.23. The van der Waals surface area contributed by atoms with Crippen molar-refractivity contribution in [2.45, 2.75) is 4.90 Å². The van der Waals surface area contributed by atoms with E-state index in [-0.39, 0.29) is 10.8 Å². The topological polar surface area (TPSA) is 72.5 Å². The summed E-state index contributed by atoms with van der Waals surface area (Å²) in [4.78, 5) is 12.3. The van der Waals surface area contributed by atoms with Crippen LogP contribution >= 0.6 is 0 Å². The van der Waals surface area contributed by atoms with Gasteiger partial charge < -0.3 is 10.1 Å². The van der Waals surface area contributed by atoms with E-state index in [1.807, 2.05) is 0 Å². The molecule has 2 aromatic rings. The predicted molar refractivity (Wildman–Crippen MR) is 80.5 cm³/mol. The molecule has 6 heteroatoms. The van der Waals surface area contributed by atoms with Crippen molar-refractivity contribution in [3.63, 3.8) is 0 Å². The van der Waals surface area contributed by atoms with Gasteiger partial charge in [0.1, 0.15) is 5.75 Å². The molecule has 110 valence electrons. The summed E-state index contributed by atoms with van der Waals surface area (Å²) in [6.45, 7) is 0. The number of nitrogens with one attached hydrogen (secondary N) is 1. The number of ether oxygens (including phenoxy) is 1. The molecule has 0 bridgehead atoms. The Morgan fingerprint density at radius 3 is 2.24 bits per heavy atom. The number of para-hydroxylation sites is 2. The van der Waals surface area contributed by atoms with Crippen LogP contribution in [-0.4, -0.2) is 27.7 Å². The van der Waals surface area contributed by atoms with E-state index < -0.39 is 9.84 Å². The van der Waals surface area contributed by atoms with Gasteiger partial charge in [0.25, 0.3) is 5.91 Å². The maximum atomic E-state index is 12.1. The second-order valence-corrected chi connectivity index (χ2v) is 6.47. The van der Waals surface area contributed by atoms with E-state index >= 15 is 0 Å². The average molecular weight is 305 g/mol. The van der Waals surface area contributed by atoms with Gasteiger partial charge in [-0.15, -0.1) is 0 Å². The van der Waals surface area contributed by atoms with Gasteiger partial charge in [0, 0.05) is 11.8 Å². The maximum absolute atomic E-state index is 12.1. The SMILES string of the molecule is COc1ccccc1NC(=O)c1ccc(S(C)(=O)=O)cc1. The van der Waals surface area contributed by atoms with Gasteiger partial charge in [0.15, 0.2) is 9.84 Å². The average Bonchev–Trinajstić information content (AvgIpc) is 2.47. The van der Waals surface area contributed by atoms with Gasteiger partial charge in [0.05, 0.1) is 17.7 Å². The van der Waals surface area contributed by atoms with Gasteiger partial charge in [-0.25, -0.2) is 8.42 Å². The number of sulfone groups is 1. The number of rotatable bonds is 4. The molecule has 0 unspecified atom stereocenters. The fraction of sp³-hybridized carbons (Fsp3) is 0.133. The largest absolute Gasteiger partial charge is 0.495 e. The predicted octanol–water partition coefficient (Wildman–Crippen LogP) is 2.35. The molecule has 0 aliphatic carbocycles. The third kappa shape index (κ3) is 3.61. The van der Waals surface area contributed by atoms with Gasteiger partial charge in [-0.2, -0.15) is 0 Å². The monoisotopic (exact) mass is 305 g/mol. The Morgan fingerprint density at radius 2 is 1.67 bits per heavy atom. The Labute approximate surface area is 123 Å². The molecule has 0 aromatic heterocycles. The Bertz CT molecular complexity index is 751. The van der Waals surface area contributed by atoms with Crippen molar-refractivity contribution in [1.29, 1.82) is 0 Å². The van der Waals surface area contributed by atoms with Crippen LogP contribution in [0, 0.1) is 0 Å². The molecule has 2 rings (SSSR count). The number of carbonyl (C=O) groups is 1. The van der Waals surface area contributed by atoms with Gasteiger partial charge in [-0.3, -0.25) is 4.79 Å². The molecule has 1 N–H and O–H groups in total. The molecular weight excluding hydrogens is 290 g/mol. The summed E-state index contributed by atoms with van der Waals surface area (Å²) in [6, 6.07) is 12.8. The minimum atomic E-state index is -3.27. The second-order valence-electron chi connectivity index (χ2n) is 4.45. The van der Waals surface area contributed by atoms with Crippen molar-refractivity contribution in [1.82, 2.24) is 0 Å². The van der Waals surface area contributed by atoms with Crippen molar-refractivity contribution >= 4 is 21.4 Å². The smallest absolute Gasteiger partial charge is 0.255 e. The van der Waals surface area contributed by atoms with E-state index in [2.05, 4.69) is 5.32 Å². The first-order chi connectivity index (χ1) is 9.91. The lowest BCUT2D eigenvalue weighted by molar-refractivity contribution is 0.102. The highest BCUT2D eigenvalue weighted by Gasteiger charge is 2.11. The summed E-state index contributed by atoms with van der Waals surface area (Å²) in [5, 5.41) is 2.72. The number of amides is 1. The van der Waals surface area contributed by atoms with Crippen LogP contribution < -0.4 is 10.1 Å². The molecule has 21 heavy (non-hydrogen) atoms. The Hall–Kier alpha value is -2.34. The number of hydrogen-bond donors (Lipinski definition) is 1. The third-order valence-corrected chi connectivity index (χ3v) is 4.03. The number of methoxy groups -OCH3 is 1. The Morgan fingerprint density at radius 1 is 1.05 bits per heavy atom. The molecule has 2 aromatic carbocycles. The Kier molecular flexibility index (Phi) is 4.28. The van der Waals surface area contributed by atoms with Crippen molar-refractivity contribution in [3.8, 4) is 5.75 Å². The van der Waals surface area contributed by atoms with Crippen LogP contribution in [0.15, 0.2) is 53.4 Å². The van der Waals surface area contributed by atoms with E-state index in [1.165, 1.54) is 31.4 Å². The first-order valence-corrected chi connectivity index (χ1v) is 8.05. The standard InChI is InChI=1S/C15H15NO4S/c1-20-14-6-4-3-5-13(14)16-15(17)11-7-9-12(10-8-11)21(2,18)19/h3-10H,1-2H3,(H,16,17). The highest BCUT2D eigenvalue weighted by atomic mass is 32.2. The van der Waals surface area contributed by atoms with Crippen molar-refractivity contribution in [2.24, 2.45) is 0 Å². The molecule has 0 heterocycles. The zero-order valence-corrected chi connectivity index (χ0v) is 12.5. The zero-order valence-electron chi connectivity index (χ0n) is 11.7. The lowest BCUT2D eigenvalue weighted by Gasteiger charge is -2.10. The number of anilines is 1. The van der Waals surface area contributed by atoms with Crippen LogP contribution in [0.5, 0.6) is 5.75 Å². The van der Waals surface area contributed by atoms with E-state index in [4.69, 9.17) is 4.74 Å². The van der Waals surface area contributed by atoms with Crippen LogP contribution in [0.25, 0.3) is 0 Å². The van der Waals surface area contributed by atoms with Gasteiger partial charge in [-0.1, -0.05) is 12.1 Å². The lowest BCUT2D eigenvalue weighted by atomic mass is 10.2. The molecule has 5 nitrogen and oxygen atoms in total. The quantitative estimate of drug-likeness (QED) is 0.941. The van der Waals surface area contributed by atoms with Crippen LogP contribution in [-0.2, 0) is 9.84 Å². The first kappa shape index (κ1) is 15.1. The van der Waals surface area contributed by atoms with Gasteiger partial charge in [-0.05, 0) is 36.4 Å². The van der Waals surface area contributed by atoms with E-state index in [9.17, 15) is 13.2 Å². The molecule has 1 amide bonds. The molecule has 0 atom stereocenters. The molecule has 0 spiro atoms. The molecule has 0 aliphatic heterocycles. The van der Waals surface area contributed by atoms with E-state index in [0.717, 1.165) is 6.26 Å². The second kappa shape index (κ2) is 5.97. The van der Waals surface area contributed by atoms with Crippen LogP contribution in [0.3, 0.4) is 0 Å². The van der Waals surface area contributed by atoms with Crippen LogP contribution in [0.4, 0.5) is 5.69 Å². The highest BCUT2D eigenvalue weighted by molar-refractivity contribution is 7.90.